The second kappa shape index (κ2) is 27.0. The number of ether oxygens (including phenoxy) is 4. The van der Waals surface area contributed by atoms with E-state index in [9.17, 15) is 19.2 Å². The molecule has 0 heterocycles. The number of rotatable bonds is 35. The first-order chi connectivity index (χ1) is 47.3. The Balaban J connectivity index is 0.618. The van der Waals surface area contributed by atoms with Crippen LogP contribution in [0.25, 0.3) is 0 Å². The molecule has 0 aliphatic heterocycles. The van der Waals surface area contributed by atoms with Crippen molar-refractivity contribution in [2.75, 3.05) is 33.0 Å². The molecule has 16 bridgehead atoms. The van der Waals surface area contributed by atoms with Crippen molar-refractivity contribution in [1.82, 2.24) is 0 Å². The highest BCUT2D eigenvalue weighted by Gasteiger charge is 2.62. The SMILES string of the molecule is C[Si](C)(CCC1CC2C=CC1C2)O[Si](O[Si](C)(C)CCC1CC2C=CC1C2)(O[Si](C)(C)CCC1CC2C=CC1C2)O[Si](C)(C)CCC1CC2(C3=CC4CC3C(C=O)(COCC(COC(=O)C3CC5C=CC3C5)(COC(=O)C3CC5C=CC3C5)COC(=O)C3CC5C=CC3C5)C4)C=CC1C2. The summed E-state index contributed by atoms with van der Waals surface area (Å²) in [5, 5.41) is 0. The van der Waals surface area contributed by atoms with E-state index in [1.54, 1.807) is 0 Å². The molecule has 17 heteroatoms. The predicted molar refractivity (Wildman–Crippen MR) is 397 cm³/mol. The maximum absolute atomic E-state index is 14.2. The molecule has 24 atom stereocenters. The Morgan fingerprint density at radius 2 is 0.788 bits per heavy atom. The van der Waals surface area contributed by atoms with Crippen LogP contribution in [0.3, 0.4) is 0 Å². The van der Waals surface area contributed by atoms with E-state index in [0.29, 0.717) is 53.8 Å². The second-order valence-electron chi connectivity index (χ2n) is 38.8. The summed E-state index contributed by atoms with van der Waals surface area (Å²) >= 11 is 0. The highest BCUT2D eigenvalue weighted by atomic mass is 28.5. The van der Waals surface area contributed by atoms with Gasteiger partial charge in [-0.1, -0.05) is 122 Å². The molecule has 16 rings (SSSR count). The summed E-state index contributed by atoms with van der Waals surface area (Å²) in [6, 6.07) is 4.28. The summed E-state index contributed by atoms with van der Waals surface area (Å²) in [6.07, 6.45) is 58.5. The smallest absolute Gasteiger partial charge is 0.464 e. The van der Waals surface area contributed by atoms with E-state index >= 15 is 0 Å². The van der Waals surface area contributed by atoms with Crippen molar-refractivity contribution in [3.63, 3.8) is 0 Å². The van der Waals surface area contributed by atoms with E-state index in [1.807, 2.05) is 0 Å². The molecule has 0 aromatic rings. The van der Waals surface area contributed by atoms with Gasteiger partial charge < -0.3 is 40.2 Å². The van der Waals surface area contributed by atoms with Gasteiger partial charge in [0.2, 0.25) is 0 Å². The number of fused-ring (bicyclic) bond motifs is 16. The van der Waals surface area contributed by atoms with Crippen LogP contribution in [-0.4, -0.2) is 99.5 Å². The zero-order valence-electron chi connectivity index (χ0n) is 61.3. The second-order valence-corrected chi connectivity index (χ2v) is 59.1. The number of hydrogen-bond donors (Lipinski definition) is 0. The number of hydrogen-bond acceptors (Lipinski definition) is 12. The molecule has 0 radical (unpaired) electrons. The van der Waals surface area contributed by atoms with Crippen LogP contribution in [0.4, 0.5) is 0 Å². The highest BCUT2D eigenvalue weighted by molar-refractivity contribution is 6.92. The standard InChI is InChI=1S/C82H120O12Si5/c1-95(2,27-22-64-34-54-9-15-61(64)31-54)91-99(92-96(3,4)28-23-65-35-55-10-16-62(65)32-55,93-97(5,6)29-24-66-36-56-11-17-63(66)33-56)94-98(7,8)30-25-71-47-81(26-21-70(71)46-81)75-43-60-44-76(75)82(45-60,48-83)53-87-49-80(50-88-77(84)72-40-57-12-18-67(72)37-57,51-89-78(85)73-41-58-13-19-68(73)38-58)52-90-79(86)74-42-59-14-20-69(74)39-59/h9-21,26,43,48,54-74,76H,22-25,27-42,44-47,49-53H2,1-8H3. The first-order valence-electron chi connectivity index (χ1n) is 40.1. The summed E-state index contributed by atoms with van der Waals surface area (Å²) in [6.45, 7) is 19.5. The third kappa shape index (κ3) is 14.6. The normalized spacial score (nSPS) is 41.8. The van der Waals surface area contributed by atoms with E-state index < -0.39 is 53.1 Å². The van der Waals surface area contributed by atoms with E-state index in [0.717, 1.165) is 124 Å². The van der Waals surface area contributed by atoms with Crippen LogP contribution in [0.15, 0.2) is 96.7 Å². The molecule has 16 aliphatic rings. The molecule has 8 saturated carbocycles. The minimum Gasteiger partial charge on any atom is -0.464 e. The molecule has 12 nitrogen and oxygen atoms in total. The van der Waals surface area contributed by atoms with Crippen LogP contribution in [0.2, 0.25) is 76.6 Å². The Labute approximate surface area is 598 Å². The topological polar surface area (TPSA) is 142 Å². The molecule has 0 aromatic heterocycles. The molecule has 540 valence electrons. The highest BCUT2D eigenvalue weighted by Crippen LogP contribution is 2.67. The lowest BCUT2D eigenvalue weighted by atomic mass is 9.64. The van der Waals surface area contributed by atoms with Gasteiger partial charge in [0.05, 0.1) is 41.8 Å². The third-order valence-corrected chi connectivity index (χ3v) is 48.2. The minimum absolute atomic E-state index is 0.00473. The monoisotopic (exact) mass is 1440 g/mol. The zero-order valence-corrected chi connectivity index (χ0v) is 66.3. The number of carbonyl (C=O) groups is 4. The Morgan fingerprint density at radius 3 is 1.12 bits per heavy atom. The van der Waals surface area contributed by atoms with Gasteiger partial charge in [-0.05, 0) is 292 Å². The number of allylic oxidation sites excluding steroid dienone is 16. The largest absolute Gasteiger partial charge is 0.636 e. The lowest BCUT2D eigenvalue weighted by Crippen LogP contribution is -2.66. The summed E-state index contributed by atoms with van der Waals surface area (Å²) in [4.78, 5) is 56.6. The van der Waals surface area contributed by atoms with Crippen molar-refractivity contribution in [2.24, 2.45) is 146 Å². The predicted octanol–water partition coefficient (Wildman–Crippen LogP) is 17.5. The average Bonchev–Trinajstić information content (AvgIpc) is 1.55. The quantitative estimate of drug-likeness (QED) is 0.0196. The molecule has 0 N–H and O–H groups in total. The summed E-state index contributed by atoms with van der Waals surface area (Å²) in [5.74, 6) is 7.91. The van der Waals surface area contributed by atoms with Crippen LogP contribution in [0.5, 0.6) is 0 Å². The maximum atomic E-state index is 14.2. The molecule has 8 fully saturated rings. The van der Waals surface area contributed by atoms with Crippen molar-refractivity contribution >= 4 is 66.5 Å². The Bertz CT molecular complexity index is 3100. The lowest BCUT2D eigenvalue weighted by Gasteiger charge is -2.47. The van der Waals surface area contributed by atoms with Gasteiger partial charge in [0.15, 0.2) is 33.3 Å². The fourth-order valence-corrected chi connectivity index (χ4v) is 44.0. The van der Waals surface area contributed by atoms with Crippen LogP contribution in [0, 0.1) is 146 Å². The lowest BCUT2D eigenvalue weighted by molar-refractivity contribution is -0.174. The van der Waals surface area contributed by atoms with Crippen molar-refractivity contribution in [3.8, 4) is 0 Å². The van der Waals surface area contributed by atoms with Crippen molar-refractivity contribution in [2.45, 2.75) is 205 Å². The summed E-state index contributed by atoms with van der Waals surface area (Å²) < 4.78 is 58.2. The summed E-state index contributed by atoms with van der Waals surface area (Å²) in [7, 11) is -13.6. The van der Waals surface area contributed by atoms with E-state index in [2.05, 4.69) is 144 Å². The first-order valence-corrected chi connectivity index (χ1v) is 54.2. The van der Waals surface area contributed by atoms with Gasteiger partial charge in [0.1, 0.15) is 26.1 Å². The van der Waals surface area contributed by atoms with Gasteiger partial charge in [-0.15, -0.1) is 0 Å². The van der Waals surface area contributed by atoms with Gasteiger partial charge in [-0.2, -0.15) is 0 Å². The fraction of sp³-hybridized carbons (Fsp3) is 0.756. The molecule has 0 saturated heterocycles. The molecule has 0 spiro atoms. The molecule has 0 amide bonds. The number of carbonyl (C=O) groups excluding carboxylic acids is 4. The Hall–Kier alpha value is -3.12. The summed E-state index contributed by atoms with van der Waals surface area (Å²) in [5.41, 5.74) is -0.658. The fourth-order valence-electron chi connectivity index (χ4n) is 24.0. The van der Waals surface area contributed by atoms with Crippen molar-refractivity contribution in [3.05, 3.63) is 96.7 Å². The van der Waals surface area contributed by atoms with Crippen LogP contribution in [-0.2, 0) is 54.6 Å². The average molecular weight is 1440 g/mol. The first kappa shape index (κ1) is 70.2. The van der Waals surface area contributed by atoms with Gasteiger partial charge >= 0.3 is 27.0 Å². The Morgan fingerprint density at radius 1 is 0.414 bits per heavy atom. The molecular formula is C82H120O12Si5. The van der Waals surface area contributed by atoms with E-state index in [4.69, 9.17) is 35.4 Å². The van der Waals surface area contributed by atoms with Gasteiger partial charge in [-0.3, -0.25) is 14.4 Å². The van der Waals surface area contributed by atoms with E-state index in [-0.39, 0.29) is 104 Å². The molecule has 16 aliphatic carbocycles. The molecule has 24 unspecified atom stereocenters. The zero-order chi connectivity index (χ0) is 68.5. The van der Waals surface area contributed by atoms with E-state index in [1.165, 1.54) is 69.6 Å². The third-order valence-electron chi connectivity index (χ3n) is 29.4. The van der Waals surface area contributed by atoms with Gasteiger partial charge in [-0.25, -0.2) is 0 Å². The number of aldehydes is 1. The van der Waals surface area contributed by atoms with Crippen molar-refractivity contribution < 1.29 is 54.6 Å². The maximum Gasteiger partial charge on any atom is 0.636 e. The molecular weight excluding hydrogens is 1320 g/mol. The van der Waals surface area contributed by atoms with Crippen LogP contribution in [0.1, 0.15) is 128 Å². The Kier molecular flexibility index (Phi) is 19.2. The molecule has 0 aromatic carbocycles. The van der Waals surface area contributed by atoms with Gasteiger partial charge in [0.25, 0.3) is 0 Å². The van der Waals surface area contributed by atoms with Crippen LogP contribution >= 0.6 is 0 Å². The van der Waals surface area contributed by atoms with Gasteiger partial charge in [0, 0.05) is 5.41 Å². The minimum atomic E-state index is -3.79. The van der Waals surface area contributed by atoms with Crippen LogP contribution < -0.4 is 0 Å². The van der Waals surface area contributed by atoms with Crippen molar-refractivity contribution in [1.29, 1.82) is 0 Å². The molecule has 99 heavy (non-hydrogen) atoms. The number of esters is 3.